The number of benzene rings is 1. The molecule has 2 atom stereocenters. The van der Waals surface area contributed by atoms with Gasteiger partial charge < -0.3 is 19.2 Å². The number of aromatic nitrogens is 2. The number of rotatable bonds is 7. The quantitative estimate of drug-likeness (QED) is 0.622. The molecule has 4 rings (SSSR count). The Morgan fingerprint density at radius 1 is 1.19 bits per heavy atom. The van der Waals surface area contributed by atoms with Crippen molar-refractivity contribution in [1.82, 2.24) is 19.8 Å². The summed E-state index contributed by atoms with van der Waals surface area (Å²) in [6, 6.07) is 11.7. The highest BCUT2D eigenvalue weighted by Crippen LogP contribution is 2.30. The van der Waals surface area contributed by atoms with Crippen molar-refractivity contribution in [3.8, 4) is 0 Å². The molecule has 1 saturated heterocycles. The zero-order valence-corrected chi connectivity index (χ0v) is 18.5. The Morgan fingerprint density at radius 2 is 1.97 bits per heavy atom. The van der Waals surface area contributed by atoms with Gasteiger partial charge in [0.25, 0.3) is 0 Å². The SMILES string of the molecule is CC(C)[C@H](NC(=O)[C@@H]1CC(=O)N(Cc2ccco2)C1)c1nc2ccccc2n1C(C)C. The van der Waals surface area contributed by atoms with Gasteiger partial charge in [0.2, 0.25) is 11.8 Å². The van der Waals surface area contributed by atoms with Gasteiger partial charge in [-0.15, -0.1) is 0 Å². The van der Waals surface area contributed by atoms with Crippen LogP contribution in [0.25, 0.3) is 11.0 Å². The van der Waals surface area contributed by atoms with Gasteiger partial charge in [0.15, 0.2) is 0 Å². The molecule has 7 heteroatoms. The molecule has 31 heavy (non-hydrogen) atoms. The number of fused-ring (bicyclic) bond motifs is 1. The number of carbonyl (C=O) groups excluding carboxylic acids is 2. The molecule has 0 bridgehead atoms. The van der Waals surface area contributed by atoms with Gasteiger partial charge in [-0.25, -0.2) is 4.98 Å². The Balaban J connectivity index is 1.54. The van der Waals surface area contributed by atoms with Gasteiger partial charge in [-0.05, 0) is 44.0 Å². The van der Waals surface area contributed by atoms with Crippen LogP contribution in [0.2, 0.25) is 0 Å². The lowest BCUT2D eigenvalue weighted by Gasteiger charge is -2.26. The van der Waals surface area contributed by atoms with Gasteiger partial charge in [0.05, 0.1) is 35.8 Å². The van der Waals surface area contributed by atoms with E-state index in [2.05, 4.69) is 43.6 Å². The Kier molecular flexibility index (Phi) is 5.85. The smallest absolute Gasteiger partial charge is 0.226 e. The summed E-state index contributed by atoms with van der Waals surface area (Å²) in [6.45, 7) is 9.21. The Hall–Kier alpha value is -3.09. The van der Waals surface area contributed by atoms with Crippen LogP contribution >= 0.6 is 0 Å². The molecular formula is C24H30N4O3. The number of furan rings is 1. The summed E-state index contributed by atoms with van der Waals surface area (Å²) in [5, 5.41) is 3.21. The van der Waals surface area contributed by atoms with Gasteiger partial charge in [-0.3, -0.25) is 9.59 Å². The summed E-state index contributed by atoms with van der Waals surface area (Å²) in [7, 11) is 0. The largest absolute Gasteiger partial charge is 0.467 e. The van der Waals surface area contributed by atoms with Crippen molar-refractivity contribution in [3.63, 3.8) is 0 Å². The Labute approximate surface area is 182 Å². The van der Waals surface area contributed by atoms with Crippen molar-refractivity contribution in [3.05, 3.63) is 54.2 Å². The van der Waals surface area contributed by atoms with Gasteiger partial charge in [-0.2, -0.15) is 0 Å². The van der Waals surface area contributed by atoms with Crippen molar-refractivity contribution < 1.29 is 14.0 Å². The third kappa shape index (κ3) is 4.22. The molecule has 1 N–H and O–H groups in total. The molecule has 1 aliphatic rings. The van der Waals surface area contributed by atoms with E-state index in [-0.39, 0.29) is 42.2 Å². The molecule has 1 aromatic carbocycles. The monoisotopic (exact) mass is 422 g/mol. The fraction of sp³-hybridized carbons (Fsp3) is 0.458. The average molecular weight is 423 g/mol. The topological polar surface area (TPSA) is 80.4 Å². The Bertz CT molecular complexity index is 1070. The van der Waals surface area contributed by atoms with E-state index in [0.29, 0.717) is 13.1 Å². The van der Waals surface area contributed by atoms with E-state index in [1.807, 2.05) is 24.3 Å². The van der Waals surface area contributed by atoms with Crippen LogP contribution in [0.4, 0.5) is 0 Å². The number of likely N-dealkylation sites (tertiary alicyclic amines) is 1. The lowest BCUT2D eigenvalue weighted by Crippen LogP contribution is -2.38. The molecule has 1 fully saturated rings. The van der Waals surface area contributed by atoms with E-state index in [0.717, 1.165) is 22.6 Å². The first kappa shape index (κ1) is 21.2. The summed E-state index contributed by atoms with van der Waals surface area (Å²) >= 11 is 0. The van der Waals surface area contributed by atoms with Crippen molar-refractivity contribution in [2.24, 2.45) is 11.8 Å². The zero-order valence-electron chi connectivity index (χ0n) is 18.5. The normalized spacial score (nSPS) is 17.8. The molecule has 0 unspecified atom stereocenters. The highest BCUT2D eigenvalue weighted by Gasteiger charge is 2.36. The second kappa shape index (κ2) is 8.57. The summed E-state index contributed by atoms with van der Waals surface area (Å²) in [4.78, 5) is 32.2. The number of imidazole rings is 1. The van der Waals surface area contributed by atoms with Crippen LogP contribution in [0.1, 0.15) is 57.8 Å². The van der Waals surface area contributed by atoms with E-state index >= 15 is 0 Å². The maximum Gasteiger partial charge on any atom is 0.226 e. The van der Waals surface area contributed by atoms with Crippen LogP contribution in [0, 0.1) is 11.8 Å². The number of amides is 2. The van der Waals surface area contributed by atoms with E-state index in [4.69, 9.17) is 9.40 Å². The lowest BCUT2D eigenvalue weighted by atomic mass is 10.0. The zero-order chi connectivity index (χ0) is 22.1. The fourth-order valence-corrected chi connectivity index (χ4v) is 4.32. The number of para-hydroxylation sites is 2. The predicted octanol–water partition coefficient (Wildman–Crippen LogP) is 4.07. The predicted molar refractivity (Wildman–Crippen MR) is 118 cm³/mol. The minimum Gasteiger partial charge on any atom is -0.467 e. The summed E-state index contributed by atoms with van der Waals surface area (Å²) < 4.78 is 7.55. The molecule has 2 amide bonds. The number of carbonyl (C=O) groups is 2. The molecule has 3 aromatic rings. The van der Waals surface area contributed by atoms with Crippen LogP contribution in [-0.2, 0) is 16.1 Å². The van der Waals surface area contributed by atoms with Crippen LogP contribution < -0.4 is 5.32 Å². The molecule has 2 aromatic heterocycles. The summed E-state index contributed by atoms with van der Waals surface area (Å²) in [5.74, 6) is 1.23. The molecule has 7 nitrogen and oxygen atoms in total. The van der Waals surface area contributed by atoms with Crippen molar-refractivity contribution in [2.75, 3.05) is 6.54 Å². The second-order valence-electron chi connectivity index (χ2n) is 8.91. The van der Waals surface area contributed by atoms with Gasteiger partial charge in [-0.1, -0.05) is 26.0 Å². The molecular weight excluding hydrogens is 392 g/mol. The van der Waals surface area contributed by atoms with Gasteiger partial charge in [0.1, 0.15) is 11.6 Å². The highest BCUT2D eigenvalue weighted by atomic mass is 16.3. The fourth-order valence-electron chi connectivity index (χ4n) is 4.32. The molecule has 164 valence electrons. The second-order valence-corrected chi connectivity index (χ2v) is 8.91. The van der Waals surface area contributed by atoms with Crippen LogP contribution in [-0.4, -0.2) is 32.8 Å². The number of nitrogens with one attached hydrogen (secondary N) is 1. The standard InChI is InChI=1S/C24H30N4O3/c1-15(2)22(23-25-19-9-5-6-10-20(19)28(23)16(3)4)26-24(30)17-12-21(29)27(13-17)14-18-8-7-11-31-18/h5-11,15-17,22H,12-14H2,1-4H3,(H,26,30)/t17-,22+/m1/s1. The third-order valence-electron chi connectivity index (χ3n) is 5.89. The molecule has 0 radical (unpaired) electrons. The first-order valence-electron chi connectivity index (χ1n) is 10.9. The summed E-state index contributed by atoms with van der Waals surface area (Å²) in [5.41, 5.74) is 1.99. The number of nitrogens with zero attached hydrogens (tertiary/aromatic N) is 3. The molecule has 3 heterocycles. The molecule has 1 aliphatic heterocycles. The minimum absolute atomic E-state index is 0.0212. The average Bonchev–Trinajstić information content (AvgIpc) is 3.45. The Morgan fingerprint density at radius 3 is 2.65 bits per heavy atom. The van der Waals surface area contributed by atoms with Crippen molar-refractivity contribution in [1.29, 1.82) is 0 Å². The first-order valence-corrected chi connectivity index (χ1v) is 10.9. The van der Waals surface area contributed by atoms with Crippen molar-refractivity contribution in [2.45, 2.75) is 52.7 Å². The van der Waals surface area contributed by atoms with Crippen LogP contribution in [0.3, 0.4) is 0 Å². The van der Waals surface area contributed by atoms with Crippen LogP contribution in [0.15, 0.2) is 47.1 Å². The third-order valence-corrected chi connectivity index (χ3v) is 5.89. The maximum absolute atomic E-state index is 13.2. The number of hydrogen-bond acceptors (Lipinski definition) is 4. The van der Waals surface area contributed by atoms with Gasteiger partial charge >= 0.3 is 0 Å². The van der Waals surface area contributed by atoms with Crippen molar-refractivity contribution >= 4 is 22.8 Å². The molecule has 0 aliphatic carbocycles. The number of hydrogen-bond donors (Lipinski definition) is 1. The first-order chi connectivity index (χ1) is 14.8. The summed E-state index contributed by atoms with van der Waals surface area (Å²) in [6.07, 6.45) is 1.81. The van der Waals surface area contributed by atoms with Gasteiger partial charge in [0, 0.05) is 19.0 Å². The molecule has 0 spiro atoms. The van der Waals surface area contributed by atoms with E-state index in [1.54, 1.807) is 17.2 Å². The lowest BCUT2D eigenvalue weighted by molar-refractivity contribution is -0.129. The minimum atomic E-state index is -0.374. The van der Waals surface area contributed by atoms with E-state index in [1.165, 1.54) is 0 Å². The molecule has 0 saturated carbocycles. The van der Waals surface area contributed by atoms with E-state index < -0.39 is 0 Å². The maximum atomic E-state index is 13.2. The highest BCUT2D eigenvalue weighted by molar-refractivity contribution is 5.89. The van der Waals surface area contributed by atoms with E-state index in [9.17, 15) is 9.59 Å². The van der Waals surface area contributed by atoms with Crippen LogP contribution in [0.5, 0.6) is 0 Å².